The summed E-state index contributed by atoms with van der Waals surface area (Å²) in [5.74, 6) is 0.480. The van der Waals surface area contributed by atoms with Gasteiger partial charge in [-0.05, 0) is 37.3 Å². The molecule has 0 aliphatic heterocycles. The van der Waals surface area contributed by atoms with E-state index in [4.69, 9.17) is 16.3 Å². The zero-order valence-electron chi connectivity index (χ0n) is 13.1. The average Bonchev–Trinajstić information content (AvgIpc) is 3.01. The molecule has 0 aliphatic rings. The Morgan fingerprint density at radius 1 is 1.25 bits per heavy atom. The second kappa shape index (κ2) is 7.19. The van der Waals surface area contributed by atoms with E-state index < -0.39 is 0 Å². The molecule has 1 aromatic heterocycles. The van der Waals surface area contributed by atoms with Crippen molar-refractivity contribution in [2.45, 2.75) is 13.7 Å². The van der Waals surface area contributed by atoms with Gasteiger partial charge in [0.05, 0.1) is 18.1 Å². The number of amides is 1. The normalized spacial score (nSPS) is 10.4. The first-order valence-electron chi connectivity index (χ1n) is 7.39. The van der Waals surface area contributed by atoms with Crippen LogP contribution in [0.25, 0.3) is 0 Å². The monoisotopic (exact) mass is 341 g/mol. The number of anilines is 1. The number of benzene rings is 2. The summed E-state index contributed by atoms with van der Waals surface area (Å²) >= 11 is 5.91. The van der Waals surface area contributed by atoms with Crippen LogP contribution in [0.5, 0.6) is 5.75 Å². The van der Waals surface area contributed by atoms with Crippen LogP contribution in [0.1, 0.15) is 15.9 Å². The summed E-state index contributed by atoms with van der Waals surface area (Å²) < 4.78 is 7.18. The highest BCUT2D eigenvalue weighted by Crippen LogP contribution is 2.17. The maximum atomic E-state index is 12.2. The highest BCUT2D eigenvalue weighted by atomic mass is 35.5. The summed E-state index contributed by atoms with van der Waals surface area (Å²) in [6.45, 7) is 2.20. The lowest BCUT2D eigenvalue weighted by Gasteiger charge is -2.06. The number of hydrogen-bond donors (Lipinski definition) is 1. The molecule has 3 aromatic rings. The third-order valence-electron chi connectivity index (χ3n) is 3.36. The molecule has 0 aliphatic carbocycles. The van der Waals surface area contributed by atoms with Crippen molar-refractivity contribution in [3.05, 3.63) is 77.1 Å². The number of aryl methyl sites for hydroxylation is 1. The van der Waals surface area contributed by atoms with Crippen molar-refractivity contribution in [3.63, 3.8) is 0 Å². The molecule has 122 valence electrons. The smallest absolute Gasteiger partial charge is 0.255 e. The predicted octanol–water partition coefficient (Wildman–Crippen LogP) is 4.13. The fourth-order valence-corrected chi connectivity index (χ4v) is 2.28. The Kier molecular flexibility index (Phi) is 4.82. The molecule has 6 heteroatoms. The standard InChI is InChI=1S/C18H16ClN3O2/c1-13-5-7-14(8-6-13)18(23)21-16-10-20-22(11-16)12-24-17-4-2-3-15(19)9-17/h2-11H,12H2,1H3,(H,21,23). The number of nitrogens with zero attached hydrogens (tertiary/aromatic N) is 2. The Labute approximate surface area is 144 Å². The van der Waals surface area contributed by atoms with Gasteiger partial charge in [-0.2, -0.15) is 5.10 Å². The number of carbonyl (C=O) groups is 1. The van der Waals surface area contributed by atoms with E-state index in [2.05, 4.69) is 10.4 Å². The number of ether oxygens (including phenoxy) is 1. The van der Waals surface area contributed by atoms with Crippen molar-refractivity contribution in [1.82, 2.24) is 9.78 Å². The maximum Gasteiger partial charge on any atom is 0.255 e. The Balaban J connectivity index is 1.59. The molecule has 0 fully saturated rings. The molecule has 1 amide bonds. The van der Waals surface area contributed by atoms with Crippen LogP contribution in [0.2, 0.25) is 5.02 Å². The van der Waals surface area contributed by atoms with Gasteiger partial charge in [0.1, 0.15) is 5.75 Å². The van der Waals surface area contributed by atoms with Gasteiger partial charge in [-0.1, -0.05) is 35.4 Å². The van der Waals surface area contributed by atoms with Gasteiger partial charge in [0.25, 0.3) is 5.91 Å². The summed E-state index contributed by atoms with van der Waals surface area (Å²) in [6.07, 6.45) is 3.28. The van der Waals surface area contributed by atoms with E-state index in [-0.39, 0.29) is 12.6 Å². The zero-order chi connectivity index (χ0) is 16.9. The van der Waals surface area contributed by atoms with Gasteiger partial charge in [-0.25, -0.2) is 4.68 Å². The van der Waals surface area contributed by atoms with E-state index >= 15 is 0 Å². The van der Waals surface area contributed by atoms with Crippen LogP contribution in [-0.2, 0) is 6.73 Å². The van der Waals surface area contributed by atoms with Gasteiger partial charge >= 0.3 is 0 Å². The third kappa shape index (κ3) is 4.14. The van der Waals surface area contributed by atoms with Gasteiger partial charge in [-0.15, -0.1) is 0 Å². The molecule has 0 saturated heterocycles. The highest BCUT2D eigenvalue weighted by Gasteiger charge is 2.07. The number of rotatable bonds is 5. The number of aromatic nitrogens is 2. The zero-order valence-corrected chi connectivity index (χ0v) is 13.8. The minimum atomic E-state index is -0.176. The van der Waals surface area contributed by atoms with Crippen molar-refractivity contribution in [2.75, 3.05) is 5.32 Å². The van der Waals surface area contributed by atoms with Crippen LogP contribution < -0.4 is 10.1 Å². The first kappa shape index (κ1) is 16.1. The van der Waals surface area contributed by atoms with Crippen molar-refractivity contribution >= 4 is 23.2 Å². The Morgan fingerprint density at radius 3 is 2.79 bits per heavy atom. The van der Waals surface area contributed by atoms with Crippen LogP contribution >= 0.6 is 11.6 Å². The molecule has 2 aromatic carbocycles. The number of hydrogen-bond acceptors (Lipinski definition) is 3. The molecule has 0 unspecified atom stereocenters. The van der Waals surface area contributed by atoms with Gasteiger partial charge in [0.2, 0.25) is 0 Å². The number of halogens is 1. The van der Waals surface area contributed by atoms with E-state index in [1.54, 1.807) is 41.3 Å². The molecule has 0 spiro atoms. The predicted molar refractivity (Wildman–Crippen MR) is 93.4 cm³/mol. The maximum absolute atomic E-state index is 12.2. The largest absolute Gasteiger partial charge is 0.471 e. The fourth-order valence-electron chi connectivity index (χ4n) is 2.10. The minimum Gasteiger partial charge on any atom is -0.471 e. The first-order chi connectivity index (χ1) is 11.6. The molecular weight excluding hydrogens is 326 g/mol. The summed E-state index contributed by atoms with van der Waals surface area (Å²) in [7, 11) is 0. The van der Waals surface area contributed by atoms with Crippen molar-refractivity contribution in [2.24, 2.45) is 0 Å². The lowest BCUT2D eigenvalue weighted by Crippen LogP contribution is -2.11. The van der Waals surface area contributed by atoms with Crippen molar-refractivity contribution < 1.29 is 9.53 Å². The van der Waals surface area contributed by atoms with E-state index in [1.807, 2.05) is 31.2 Å². The van der Waals surface area contributed by atoms with E-state index in [0.29, 0.717) is 22.0 Å². The topological polar surface area (TPSA) is 56.2 Å². The lowest BCUT2D eigenvalue weighted by molar-refractivity contribution is 0.102. The van der Waals surface area contributed by atoms with Gasteiger partial charge < -0.3 is 10.1 Å². The van der Waals surface area contributed by atoms with Crippen LogP contribution in [0.4, 0.5) is 5.69 Å². The quantitative estimate of drug-likeness (QED) is 0.759. The average molecular weight is 342 g/mol. The highest BCUT2D eigenvalue weighted by molar-refractivity contribution is 6.30. The van der Waals surface area contributed by atoms with Gasteiger partial charge in [0.15, 0.2) is 6.73 Å². The SMILES string of the molecule is Cc1ccc(C(=O)Nc2cnn(COc3cccc(Cl)c3)c2)cc1. The third-order valence-corrected chi connectivity index (χ3v) is 3.60. The van der Waals surface area contributed by atoms with Crippen molar-refractivity contribution in [1.29, 1.82) is 0 Å². The Morgan fingerprint density at radius 2 is 2.04 bits per heavy atom. The molecular formula is C18H16ClN3O2. The number of carbonyl (C=O) groups excluding carboxylic acids is 1. The first-order valence-corrected chi connectivity index (χ1v) is 7.77. The summed E-state index contributed by atoms with van der Waals surface area (Å²) in [5.41, 5.74) is 2.32. The fraction of sp³-hybridized carbons (Fsp3) is 0.111. The van der Waals surface area contributed by atoms with E-state index in [9.17, 15) is 4.79 Å². The van der Waals surface area contributed by atoms with E-state index in [0.717, 1.165) is 5.56 Å². The molecule has 1 heterocycles. The van der Waals surface area contributed by atoms with Crippen LogP contribution in [0.3, 0.4) is 0 Å². The van der Waals surface area contributed by atoms with Crippen molar-refractivity contribution in [3.8, 4) is 5.75 Å². The summed E-state index contributed by atoms with van der Waals surface area (Å²) in [5, 5.41) is 7.58. The summed E-state index contributed by atoms with van der Waals surface area (Å²) in [4.78, 5) is 12.2. The molecule has 0 radical (unpaired) electrons. The van der Waals surface area contributed by atoms with Crippen LogP contribution in [0.15, 0.2) is 60.9 Å². The molecule has 1 N–H and O–H groups in total. The minimum absolute atomic E-state index is 0.176. The lowest BCUT2D eigenvalue weighted by atomic mass is 10.1. The molecule has 0 saturated carbocycles. The van der Waals surface area contributed by atoms with Crippen LogP contribution in [0, 0.1) is 6.92 Å². The second-order valence-electron chi connectivity index (χ2n) is 5.32. The van der Waals surface area contributed by atoms with Gasteiger partial charge in [-0.3, -0.25) is 4.79 Å². The molecule has 3 rings (SSSR count). The Hall–Kier alpha value is -2.79. The van der Waals surface area contributed by atoms with E-state index in [1.165, 1.54) is 0 Å². The summed E-state index contributed by atoms with van der Waals surface area (Å²) in [6, 6.07) is 14.5. The molecule has 0 bridgehead atoms. The number of nitrogens with one attached hydrogen (secondary N) is 1. The molecule has 24 heavy (non-hydrogen) atoms. The van der Waals surface area contributed by atoms with Gasteiger partial charge in [0, 0.05) is 10.6 Å². The molecule has 5 nitrogen and oxygen atoms in total. The molecule has 0 atom stereocenters. The Bertz CT molecular complexity index is 843. The van der Waals surface area contributed by atoms with Crippen LogP contribution in [-0.4, -0.2) is 15.7 Å². The second-order valence-corrected chi connectivity index (χ2v) is 5.76.